The molecular weight excluding hydrogens is 222 g/mol. The summed E-state index contributed by atoms with van der Waals surface area (Å²) in [6, 6.07) is 11.1. The fourth-order valence-corrected chi connectivity index (χ4v) is 2.35. The average molecular weight is 249 g/mol. The number of hydrogen-bond acceptors (Lipinski definition) is 2. The average Bonchev–Trinajstić information content (AvgIpc) is 2.38. The molecule has 102 valence electrons. The maximum Gasteiger partial charge on any atom is 0.0434 e. The van der Waals surface area contributed by atoms with Gasteiger partial charge in [-0.1, -0.05) is 43.7 Å². The Kier molecular flexibility index (Phi) is 7.70. The van der Waals surface area contributed by atoms with Crippen LogP contribution in [0.5, 0.6) is 0 Å². The summed E-state index contributed by atoms with van der Waals surface area (Å²) in [6.45, 7) is 5.76. The Bertz CT molecular complexity index is 293. The molecule has 0 heterocycles. The second-order valence-electron chi connectivity index (χ2n) is 5.17. The van der Waals surface area contributed by atoms with Gasteiger partial charge in [0, 0.05) is 12.6 Å². The van der Waals surface area contributed by atoms with Crippen molar-refractivity contribution in [2.45, 2.75) is 45.6 Å². The van der Waals surface area contributed by atoms with E-state index in [-0.39, 0.29) is 0 Å². The van der Waals surface area contributed by atoms with Gasteiger partial charge in [-0.2, -0.15) is 0 Å². The molecule has 0 saturated heterocycles. The Morgan fingerprint density at radius 3 is 2.50 bits per heavy atom. The third-order valence-corrected chi connectivity index (χ3v) is 3.37. The summed E-state index contributed by atoms with van der Waals surface area (Å²) in [4.78, 5) is 0. The van der Waals surface area contributed by atoms with E-state index >= 15 is 0 Å². The monoisotopic (exact) mass is 249 g/mol. The van der Waals surface area contributed by atoms with Crippen LogP contribution in [0.25, 0.3) is 0 Å². The molecule has 1 aromatic rings. The van der Waals surface area contributed by atoms with E-state index in [2.05, 4.69) is 49.5 Å². The van der Waals surface area contributed by atoms with Crippen LogP contribution >= 0.6 is 0 Å². The third kappa shape index (κ3) is 6.18. The molecule has 0 fully saturated rings. The molecular formula is C16H27NO. The largest absolute Gasteiger partial charge is 0.396 e. The Morgan fingerprint density at radius 1 is 1.17 bits per heavy atom. The highest BCUT2D eigenvalue weighted by atomic mass is 16.3. The summed E-state index contributed by atoms with van der Waals surface area (Å²) >= 11 is 0. The van der Waals surface area contributed by atoms with Gasteiger partial charge in [-0.25, -0.2) is 0 Å². The molecule has 0 spiro atoms. The first kappa shape index (κ1) is 15.2. The van der Waals surface area contributed by atoms with Gasteiger partial charge in [0.15, 0.2) is 0 Å². The van der Waals surface area contributed by atoms with Crippen LogP contribution < -0.4 is 5.32 Å². The standard InChI is InChI=1S/C16H27NO/c1-3-7-16(10-11-18)13-17-14(2)12-15-8-5-4-6-9-15/h4-6,8-9,14,16-18H,3,7,10-13H2,1-2H3. The number of rotatable bonds is 9. The van der Waals surface area contributed by atoms with Gasteiger partial charge in [-0.3, -0.25) is 0 Å². The van der Waals surface area contributed by atoms with Crippen LogP contribution in [0.15, 0.2) is 30.3 Å². The Labute approximate surface area is 111 Å². The van der Waals surface area contributed by atoms with Crippen molar-refractivity contribution in [1.29, 1.82) is 0 Å². The topological polar surface area (TPSA) is 32.3 Å². The molecule has 1 rings (SSSR count). The first-order chi connectivity index (χ1) is 8.76. The van der Waals surface area contributed by atoms with Crippen molar-refractivity contribution in [3.63, 3.8) is 0 Å². The predicted molar refractivity (Wildman–Crippen MR) is 77.7 cm³/mol. The van der Waals surface area contributed by atoms with Gasteiger partial charge in [0.25, 0.3) is 0 Å². The number of aliphatic hydroxyl groups excluding tert-OH is 1. The molecule has 0 aliphatic rings. The van der Waals surface area contributed by atoms with Crippen molar-refractivity contribution in [1.82, 2.24) is 5.32 Å². The molecule has 2 heteroatoms. The predicted octanol–water partition coefficient (Wildman–Crippen LogP) is 3.01. The van der Waals surface area contributed by atoms with Crippen LogP contribution in [-0.4, -0.2) is 24.3 Å². The van der Waals surface area contributed by atoms with Gasteiger partial charge in [-0.15, -0.1) is 0 Å². The summed E-state index contributed by atoms with van der Waals surface area (Å²) in [6.07, 6.45) is 4.38. The van der Waals surface area contributed by atoms with Crippen LogP contribution in [0.3, 0.4) is 0 Å². The van der Waals surface area contributed by atoms with E-state index in [1.54, 1.807) is 0 Å². The van der Waals surface area contributed by atoms with Crippen molar-refractivity contribution in [2.24, 2.45) is 5.92 Å². The van der Waals surface area contributed by atoms with E-state index in [9.17, 15) is 0 Å². The van der Waals surface area contributed by atoms with Crippen molar-refractivity contribution < 1.29 is 5.11 Å². The highest BCUT2D eigenvalue weighted by molar-refractivity contribution is 5.15. The fraction of sp³-hybridized carbons (Fsp3) is 0.625. The second kappa shape index (κ2) is 9.12. The number of aliphatic hydroxyl groups is 1. The van der Waals surface area contributed by atoms with Crippen molar-refractivity contribution in [3.05, 3.63) is 35.9 Å². The molecule has 0 aliphatic heterocycles. The first-order valence-corrected chi connectivity index (χ1v) is 7.14. The number of hydrogen-bond donors (Lipinski definition) is 2. The summed E-state index contributed by atoms with van der Waals surface area (Å²) in [7, 11) is 0. The zero-order valence-corrected chi connectivity index (χ0v) is 11.7. The summed E-state index contributed by atoms with van der Waals surface area (Å²) in [5.74, 6) is 0.609. The third-order valence-electron chi connectivity index (χ3n) is 3.37. The normalized spacial score (nSPS) is 14.4. The molecule has 2 unspecified atom stereocenters. The quantitative estimate of drug-likeness (QED) is 0.705. The molecule has 1 aromatic carbocycles. The van der Waals surface area contributed by atoms with E-state index in [4.69, 9.17) is 5.11 Å². The lowest BCUT2D eigenvalue weighted by atomic mass is 9.99. The number of benzene rings is 1. The van der Waals surface area contributed by atoms with E-state index in [1.165, 1.54) is 18.4 Å². The van der Waals surface area contributed by atoms with Crippen LogP contribution in [0.1, 0.15) is 38.7 Å². The summed E-state index contributed by atoms with van der Waals surface area (Å²) in [5, 5.41) is 12.6. The lowest BCUT2D eigenvalue weighted by molar-refractivity contribution is 0.245. The maximum absolute atomic E-state index is 9.04. The maximum atomic E-state index is 9.04. The van der Waals surface area contributed by atoms with E-state index in [1.807, 2.05) is 0 Å². The van der Waals surface area contributed by atoms with Crippen LogP contribution in [0.4, 0.5) is 0 Å². The van der Waals surface area contributed by atoms with Crippen LogP contribution in [0, 0.1) is 5.92 Å². The van der Waals surface area contributed by atoms with Gasteiger partial charge in [0.05, 0.1) is 0 Å². The molecule has 0 amide bonds. The molecule has 0 bridgehead atoms. The van der Waals surface area contributed by atoms with Gasteiger partial charge in [-0.05, 0) is 44.2 Å². The molecule has 0 aliphatic carbocycles. The Morgan fingerprint density at radius 2 is 1.89 bits per heavy atom. The minimum absolute atomic E-state index is 0.305. The van der Waals surface area contributed by atoms with Crippen molar-refractivity contribution in [3.8, 4) is 0 Å². The van der Waals surface area contributed by atoms with Crippen LogP contribution in [-0.2, 0) is 6.42 Å². The Hall–Kier alpha value is -0.860. The van der Waals surface area contributed by atoms with Gasteiger partial charge in [0.1, 0.15) is 0 Å². The molecule has 18 heavy (non-hydrogen) atoms. The fourth-order valence-electron chi connectivity index (χ4n) is 2.35. The summed E-state index contributed by atoms with van der Waals surface area (Å²) < 4.78 is 0. The van der Waals surface area contributed by atoms with Gasteiger partial charge >= 0.3 is 0 Å². The van der Waals surface area contributed by atoms with Crippen molar-refractivity contribution >= 4 is 0 Å². The Balaban J connectivity index is 2.28. The highest BCUT2D eigenvalue weighted by Crippen LogP contribution is 2.10. The smallest absolute Gasteiger partial charge is 0.0434 e. The minimum Gasteiger partial charge on any atom is -0.396 e. The molecule has 0 aromatic heterocycles. The van der Waals surface area contributed by atoms with E-state index in [0.717, 1.165) is 19.4 Å². The van der Waals surface area contributed by atoms with E-state index in [0.29, 0.717) is 18.6 Å². The zero-order chi connectivity index (χ0) is 13.2. The van der Waals surface area contributed by atoms with Crippen LogP contribution in [0.2, 0.25) is 0 Å². The minimum atomic E-state index is 0.305. The van der Waals surface area contributed by atoms with Gasteiger partial charge < -0.3 is 10.4 Å². The first-order valence-electron chi connectivity index (χ1n) is 7.14. The SMILES string of the molecule is CCCC(CCO)CNC(C)Cc1ccccc1. The lowest BCUT2D eigenvalue weighted by Crippen LogP contribution is -2.33. The van der Waals surface area contributed by atoms with E-state index < -0.39 is 0 Å². The zero-order valence-electron chi connectivity index (χ0n) is 11.7. The van der Waals surface area contributed by atoms with Crippen molar-refractivity contribution in [2.75, 3.05) is 13.2 Å². The molecule has 2 N–H and O–H groups in total. The lowest BCUT2D eigenvalue weighted by Gasteiger charge is -2.20. The molecule has 2 atom stereocenters. The molecule has 0 saturated carbocycles. The second-order valence-corrected chi connectivity index (χ2v) is 5.17. The highest BCUT2D eigenvalue weighted by Gasteiger charge is 2.09. The molecule has 2 nitrogen and oxygen atoms in total. The number of nitrogens with one attached hydrogen (secondary N) is 1. The molecule has 0 radical (unpaired) electrons. The van der Waals surface area contributed by atoms with Gasteiger partial charge in [0.2, 0.25) is 0 Å². The summed E-state index contributed by atoms with van der Waals surface area (Å²) in [5.41, 5.74) is 1.38.